The summed E-state index contributed by atoms with van der Waals surface area (Å²) in [6, 6.07) is 1.79. The van der Waals surface area contributed by atoms with Crippen LogP contribution in [0.2, 0.25) is 5.15 Å². The van der Waals surface area contributed by atoms with Crippen LogP contribution in [0, 0.1) is 6.92 Å². The van der Waals surface area contributed by atoms with E-state index in [0.717, 1.165) is 29.4 Å². The molecule has 0 atom stereocenters. The third-order valence-corrected chi connectivity index (χ3v) is 2.77. The van der Waals surface area contributed by atoms with E-state index in [1.807, 2.05) is 27.0 Å². The summed E-state index contributed by atoms with van der Waals surface area (Å²) in [6.07, 6.45) is 3.67. The van der Waals surface area contributed by atoms with Crippen LogP contribution in [0.1, 0.15) is 19.5 Å². The summed E-state index contributed by atoms with van der Waals surface area (Å²) in [5.41, 5.74) is 1.90. The zero-order chi connectivity index (χ0) is 13.1. The van der Waals surface area contributed by atoms with Crippen LogP contribution in [0.25, 0.3) is 11.4 Å². The molecule has 5 heteroatoms. The van der Waals surface area contributed by atoms with Crippen molar-refractivity contribution in [2.45, 2.75) is 27.3 Å². The van der Waals surface area contributed by atoms with Crippen LogP contribution in [-0.2, 0) is 6.54 Å². The van der Waals surface area contributed by atoms with E-state index < -0.39 is 0 Å². The highest BCUT2D eigenvalue weighted by Gasteiger charge is 2.18. The van der Waals surface area contributed by atoms with Crippen molar-refractivity contribution >= 4 is 11.6 Å². The van der Waals surface area contributed by atoms with Crippen molar-refractivity contribution in [1.82, 2.24) is 14.5 Å². The highest BCUT2D eigenvalue weighted by atomic mass is 35.5. The fourth-order valence-electron chi connectivity index (χ4n) is 1.89. The van der Waals surface area contributed by atoms with Crippen LogP contribution < -0.4 is 4.74 Å². The van der Waals surface area contributed by atoms with E-state index >= 15 is 0 Å². The Hall–Kier alpha value is -1.55. The lowest BCUT2D eigenvalue weighted by atomic mass is 10.2. The molecule has 0 bridgehead atoms. The smallest absolute Gasteiger partial charge is 0.148 e. The monoisotopic (exact) mass is 265 g/mol. The van der Waals surface area contributed by atoms with Crippen molar-refractivity contribution in [3.63, 3.8) is 0 Å². The van der Waals surface area contributed by atoms with Gasteiger partial charge in [-0.15, -0.1) is 0 Å². The topological polar surface area (TPSA) is 39.9 Å². The fraction of sp³-hybridized carbons (Fsp3) is 0.385. The fourth-order valence-corrected chi connectivity index (χ4v) is 2.05. The van der Waals surface area contributed by atoms with Gasteiger partial charge in [0.25, 0.3) is 0 Å². The Morgan fingerprint density at radius 1 is 1.39 bits per heavy atom. The number of imidazole rings is 1. The van der Waals surface area contributed by atoms with Crippen molar-refractivity contribution in [3.05, 3.63) is 29.3 Å². The van der Waals surface area contributed by atoms with Crippen LogP contribution in [-0.4, -0.2) is 21.1 Å². The minimum Gasteiger partial charge on any atom is -0.489 e. The van der Waals surface area contributed by atoms with Gasteiger partial charge >= 0.3 is 0 Å². The van der Waals surface area contributed by atoms with E-state index in [2.05, 4.69) is 14.5 Å². The van der Waals surface area contributed by atoms with Crippen molar-refractivity contribution in [3.8, 4) is 17.1 Å². The van der Waals surface area contributed by atoms with E-state index in [0.29, 0.717) is 11.8 Å². The first kappa shape index (κ1) is 12.9. The molecule has 96 valence electrons. The molecular formula is C13H16ClN3O. The second-order valence-electron chi connectivity index (χ2n) is 3.75. The van der Waals surface area contributed by atoms with Crippen LogP contribution in [0.15, 0.2) is 18.5 Å². The van der Waals surface area contributed by atoms with Crippen LogP contribution in [0.3, 0.4) is 0 Å². The summed E-state index contributed by atoms with van der Waals surface area (Å²) in [5, 5.41) is 0.455. The molecule has 0 saturated carbocycles. The van der Waals surface area contributed by atoms with Gasteiger partial charge in [0, 0.05) is 6.20 Å². The Labute approximate surface area is 112 Å². The SMILES string of the molecule is CC.Cc1cn2c(n1)-c1cc(Cl)ncc1OCC2. The number of halogens is 1. The van der Waals surface area contributed by atoms with E-state index in [9.17, 15) is 0 Å². The first-order valence-corrected chi connectivity index (χ1v) is 6.44. The number of aryl methyl sites for hydroxylation is 1. The lowest BCUT2D eigenvalue weighted by Crippen LogP contribution is -2.04. The molecule has 3 rings (SSSR count). The minimum atomic E-state index is 0.455. The Bertz CT molecular complexity index is 551. The number of nitrogens with zero attached hydrogens (tertiary/aromatic N) is 3. The van der Waals surface area contributed by atoms with Gasteiger partial charge in [0.1, 0.15) is 23.3 Å². The zero-order valence-electron chi connectivity index (χ0n) is 10.8. The van der Waals surface area contributed by atoms with Gasteiger partial charge < -0.3 is 9.30 Å². The molecule has 0 saturated heterocycles. The normalized spacial score (nSPS) is 12.4. The van der Waals surface area contributed by atoms with Gasteiger partial charge in [-0.05, 0) is 13.0 Å². The van der Waals surface area contributed by atoms with Gasteiger partial charge in [-0.25, -0.2) is 9.97 Å². The molecule has 0 aliphatic carbocycles. The molecule has 18 heavy (non-hydrogen) atoms. The Morgan fingerprint density at radius 3 is 2.94 bits per heavy atom. The highest BCUT2D eigenvalue weighted by Crippen LogP contribution is 2.32. The second kappa shape index (κ2) is 5.40. The summed E-state index contributed by atoms with van der Waals surface area (Å²) in [7, 11) is 0. The number of fused-ring (bicyclic) bond motifs is 3. The summed E-state index contributed by atoms with van der Waals surface area (Å²) >= 11 is 5.90. The summed E-state index contributed by atoms with van der Waals surface area (Å²) < 4.78 is 7.68. The third-order valence-electron chi connectivity index (χ3n) is 2.56. The van der Waals surface area contributed by atoms with Gasteiger partial charge in [0.05, 0.1) is 24.0 Å². The molecule has 0 radical (unpaired) electrons. The van der Waals surface area contributed by atoms with Gasteiger partial charge in [-0.3, -0.25) is 0 Å². The summed E-state index contributed by atoms with van der Waals surface area (Å²) in [5.74, 6) is 1.64. The maximum absolute atomic E-state index is 5.90. The summed E-state index contributed by atoms with van der Waals surface area (Å²) in [4.78, 5) is 8.51. The van der Waals surface area contributed by atoms with E-state index in [1.165, 1.54) is 0 Å². The number of aromatic nitrogens is 3. The molecule has 0 amide bonds. The molecule has 3 heterocycles. The molecule has 2 aromatic heterocycles. The Morgan fingerprint density at radius 2 is 2.17 bits per heavy atom. The molecule has 1 aliphatic heterocycles. The molecule has 1 aliphatic rings. The minimum absolute atomic E-state index is 0.455. The first-order valence-electron chi connectivity index (χ1n) is 6.06. The van der Waals surface area contributed by atoms with Gasteiger partial charge in [-0.2, -0.15) is 0 Å². The average Bonchev–Trinajstić information content (AvgIpc) is 2.67. The first-order chi connectivity index (χ1) is 8.74. The van der Waals surface area contributed by atoms with Crippen molar-refractivity contribution < 1.29 is 4.74 Å². The molecule has 0 aromatic carbocycles. The van der Waals surface area contributed by atoms with E-state index in [4.69, 9.17) is 16.3 Å². The Kier molecular flexibility index (Phi) is 3.87. The van der Waals surface area contributed by atoms with Crippen molar-refractivity contribution in [2.75, 3.05) is 6.61 Å². The molecule has 2 aromatic rings. The molecule has 0 fully saturated rings. The van der Waals surface area contributed by atoms with E-state index in [1.54, 1.807) is 12.3 Å². The lowest BCUT2D eigenvalue weighted by molar-refractivity contribution is 0.305. The maximum Gasteiger partial charge on any atom is 0.148 e. The zero-order valence-corrected chi connectivity index (χ0v) is 11.5. The van der Waals surface area contributed by atoms with Crippen LogP contribution >= 0.6 is 11.6 Å². The number of hydrogen-bond acceptors (Lipinski definition) is 3. The molecule has 0 spiro atoms. The van der Waals surface area contributed by atoms with Crippen molar-refractivity contribution in [1.29, 1.82) is 0 Å². The number of pyridine rings is 1. The molecular weight excluding hydrogens is 250 g/mol. The molecule has 4 nitrogen and oxygen atoms in total. The quantitative estimate of drug-likeness (QED) is 0.686. The molecule has 0 N–H and O–H groups in total. The maximum atomic E-state index is 5.90. The third kappa shape index (κ3) is 2.34. The number of ether oxygens (including phenoxy) is 1. The standard InChI is InChI=1S/C11H10ClN3O.C2H6/c1-7-6-15-2-3-16-9-5-13-10(12)4-8(9)11(15)14-7;1-2/h4-6H,2-3H2,1H3;1-2H3. The van der Waals surface area contributed by atoms with Crippen LogP contribution in [0.4, 0.5) is 0 Å². The highest BCUT2D eigenvalue weighted by molar-refractivity contribution is 6.29. The number of rotatable bonds is 0. The van der Waals surface area contributed by atoms with Gasteiger partial charge in [0.15, 0.2) is 0 Å². The predicted molar refractivity (Wildman–Crippen MR) is 72.0 cm³/mol. The van der Waals surface area contributed by atoms with Crippen LogP contribution in [0.5, 0.6) is 5.75 Å². The van der Waals surface area contributed by atoms with Gasteiger partial charge in [0.2, 0.25) is 0 Å². The summed E-state index contributed by atoms with van der Waals surface area (Å²) in [6.45, 7) is 7.40. The Balaban J connectivity index is 0.000000574. The number of hydrogen-bond donors (Lipinski definition) is 0. The van der Waals surface area contributed by atoms with Gasteiger partial charge in [-0.1, -0.05) is 25.4 Å². The molecule has 0 unspecified atom stereocenters. The van der Waals surface area contributed by atoms with Crippen molar-refractivity contribution in [2.24, 2.45) is 0 Å². The lowest BCUT2D eigenvalue weighted by Gasteiger charge is -2.04. The average molecular weight is 266 g/mol. The predicted octanol–water partition coefficient (Wildman–Crippen LogP) is 3.33. The second-order valence-corrected chi connectivity index (χ2v) is 4.14. The largest absolute Gasteiger partial charge is 0.489 e. The van der Waals surface area contributed by atoms with E-state index in [-0.39, 0.29) is 0 Å².